The SMILES string of the molecule is CC(C(=O)Nc1cc(C2CC2)nn1C(=O)OC(C)(C)C)c1cnn(-c2cc(Cl)cc(C#N)c2)c1. The van der Waals surface area contributed by atoms with Crippen LogP contribution in [0.4, 0.5) is 10.6 Å². The van der Waals surface area contributed by atoms with Crippen molar-refractivity contribution >= 4 is 29.4 Å². The molecule has 1 aliphatic rings. The van der Waals surface area contributed by atoms with Crippen molar-refractivity contribution in [2.24, 2.45) is 0 Å². The topological polar surface area (TPSA) is 115 Å². The average molecular weight is 481 g/mol. The summed E-state index contributed by atoms with van der Waals surface area (Å²) in [7, 11) is 0. The molecule has 0 aliphatic heterocycles. The highest BCUT2D eigenvalue weighted by Crippen LogP contribution is 2.40. The number of halogens is 1. The van der Waals surface area contributed by atoms with Gasteiger partial charge in [-0.2, -0.15) is 15.5 Å². The van der Waals surface area contributed by atoms with Gasteiger partial charge in [0.1, 0.15) is 11.4 Å². The lowest BCUT2D eigenvalue weighted by molar-refractivity contribution is -0.117. The Morgan fingerprint density at radius 3 is 2.65 bits per heavy atom. The average Bonchev–Trinajstić information content (AvgIpc) is 3.33. The molecule has 1 saturated carbocycles. The number of nitrogens with zero attached hydrogens (tertiary/aromatic N) is 5. The van der Waals surface area contributed by atoms with Crippen LogP contribution in [-0.2, 0) is 9.53 Å². The highest BCUT2D eigenvalue weighted by molar-refractivity contribution is 6.30. The third-order valence-electron chi connectivity index (χ3n) is 5.31. The summed E-state index contributed by atoms with van der Waals surface area (Å²) in [5.74, 6) is -0.329. The molecule has 4 rings (SSSR count). The lowest BCUT2D eigenvalue weighted by Gasteiger charge is -2.20. The molecule has 0 spiro atoms. The fourth-order valence-corrected chi connectivity index (χ4v) is 3.60. The Kier molecular flexibility index (Phi) is 6.19. The van der Waals surface area contributed by atoms with E-state index in [1.54, 1.807) is 69.0 Å². The van der Waals surface area contributed by atoms with E-state index >= 15 is 0 Å². The lowest BCUT2D eigenvalue weighted by atomic mass is 10.0. The first-order valence-electron chi connectivity index (χ1n) is 10.9. The number of amides is 1. The second-order valence-electron chi connectivity index (χ2n) is 9.36. The number of anilines is 1. The van der Waals surface area contributed by atoms with Crippen LogP contribution in [0, 0.1) is 11.3 Å². The summed E-state index contributed by atoms with van der Waals surface area (Å²) in [4.78, 5) is 25.7. The van der Waals surface area contributed by atoms with Crippen molar-refractivity contribution in [3.63, 3.8) is 0 Å². The van der Waals surface area contributed by atoms with E-state index in [1.165, 1.54) is 0 Å². The standard InChI is InChI=1S/C24H25ClN6O3/c1-14(17-12-27-30(13-17)19-8-15(11-26)7-18(25)9-19)22(32)28-21-10-20(16-5-6-16)29-31(21)23(33)34-24(2,3)4/h7-10,12-14,16H,5-6H2,1-4H3,(H,28,32). The minimum absolute atomic E-state index is 0.272. The first-order chi connectivity index (χ1) is 16.0. The molecular weight excluding hydrogens is 456 g/mol. The van der Waals surface area contributed by atoms with Crippen LogP contribution < -0.4 is 5.32 Å². The number of benzene rings is 1. The van der Waals surface area contributed by atoms with E-state index in [0.717, 1.165) is 23.2 Å². The number of carbonyl (C=O) groups is 2. The Labute approximate surface area is 202 Å². The molecule has 1 aromatic carbocycles. The molecule has 10 heteroatoms. The second kappa shape index (κ2) is 8.95. The molecule has 2 aromatic heterocycles. The molecule has 1 aliphatic carbocycles. The van der Waals surface area contributed by atoms with E-state index in [-0.39, 0.29) is 11.7 Å². The summed E-state index contributed by atoms with van der Waals surface area (Å²) in [5.41, 5.74) is 1.74. The monoisotopic (exact) mass is 480 g/mol. The zero-order valence-electron chi connectivity index (χ0n) is 19.4. The minimum atomic E-state index is -0.697. The van der Waals surface area contributed by atoms with E-state index < -0.39 is 17.6 Å². The number of hydrogen-bond acceptors (Lipinski definition) is 6. The van der Waals surface area contributed by atoms with Crippen molar-refractivity contribution in [3.8, 4) is 11.8 Å². The normalized spacial score (nSPS) is 14.4. The lowest BCUT2D eigenvalue weighted by Crippen LogP contribution is -2.29. The third kappa shape index (κ3) is 5.29. The number of nitriles is 1. The van der Waals surface area contributed by atoms with Crippen molar-refractivity contribution in [1.82, 2.24) is 19.6 Å². The minimum Gasteiger partial charge on any atom is -0.442 e. The Bertz CT molecular complexity index is 1290. The van der Waals surface area contributed by atoms with Crippen LogP contribution in [0.2, 0.25) is 5.02 Å². The first kappa shape index (κ1) is 23.5. The first-order valence-corrected chi connectivity index (χ1v) is 11.3. The number of aromatic nitrogens is 4. The van der Waals surface area contributed by atoms with E-state index in [2.05, 4.69) is 21.6 Å². The van der Waals surface area contributed by atoms with Gasteiger partial charge >= 0.3 is 6.09 Å². The fraction of sp³-hybridized carbons (Fsp3) is 0.375. The second-order valence-corrected chi connectivity index (χ2v) is 9.80. The summed E-state index contributed by atoms with van der Waals surface area (Å²) < 4.78 is 8.12. The van der Waals surface area contributed by atoms with Crippen molar-refractivity contribution < 1.29 is 14.3 Å². The number of hydrogen-bond donors (Lipinski definition) is 1. The Balaban J connectivity index is 1.54. The summed E-state index contributed by atoms with van der Waals surface area (Å²) in [6, 6.07) is 8.69. The molecule has 0 saturated heterocycles. The Morgan fingerprint density at radius 2 is 2.00 bits per heavy atom. The van der Waals surface area contributed by atoms with Gasteiger partial charge in [0.05, 0.1) is 35.1 Å². The van der Waals surface area contributed by atoms with Crippen LogP contribution in [0.5, 0.6) is 0 Å². The number of carbonyl (C=O) groups excluding carboxylic acids is 2. The largest absolute Gasteiger partial charge is 0.442 e. The van der Waals surface area contributed by atoms with Crippen LogP contribution in [0.1, 0.15) is 69.2 Å². The van der Waals surface area contributed by atoms with E-state index in [4.69, 9.17) is 16.3 Å². The maximum Gasteiger partial charge on any atom is 0.437 e. The predicted octanol–water partition coefficient (Wildman–Crippen LogP) is 5.00. The molecule has 176 valence electrons. The summed E-state index contributed by atoms with van der Waals surface area (Å²) >= 11 is 6.10. The molecule has 2 heterocycles. The van der Waals surface area contributed by atoms with Crippen LogP contribution in [-0.4, -0.2) is 37.2 Å². The summed E-state index contributed by atoms with van der Waals surface area (Å²) in [5, 5.41) is 21.1. The van der Waals surface area contributed by atoms with Gasteiger partial charge in [0.2, 0.25) is 5.91 Å². The smallest absolute Gasteiger partial charge is 0.437 e. The maximum absolute atomic E-state index is 13.1. The van der Waals surface area contributed by atoms with Crippen LogP contribution >= 0.6 is 11.6 Å². The Hall–Kier alpha value is -3.64. The Morgan fingerprint density at radius 1 is 1.26 bits per heavy atom. The third-order valence-corrected chi connectivity index (χ3v) is 5.53. The molecule has 3 aromatic rings. The molecule has 1 unspecified atom stereocenters. The van der Waals surface area contributed by atoms with Crippen molar-refractivity contribution in [2.75, 3.05) is 5.32 Å². The molecule has 1 N–H and O–H groups in total. The molecule has 0 bridgehead atoms. The van der Waals surface area contributed by atoms with Crippen molar-refractivity contribution in [3.05, 3.63) is 58.5 Å². The zero-order chi connectivity index (χ0) is 24.6. The quantitative estimate of drug-likeness (QED) is 0.549. The van der Waals surface area contributed by atoms with E-state index in [1.807, 2.05) is 0 Å². The van der Waals surface area contributed by atoms with Crippen molar-refractivity contribution in [2.45, 2.75) is 58.0 Å². The summed E-state index contributed by atoms with van der Waals surface area (Å²) in [6.45, 7) is 7.06. The molecular formula is C24H25ClN6O3. The van der Waals surface area contributed by atoms with Gasteiger partial charge in [-0.05, 0) is 58.7 Å². The molecule has 34 heavy (non-hydrogen) atoms. The van der Waals surface area contributed by atoms with E-state index in [0.29, 0.717) is 27.8 Å². The zero-order valence-corrected chi connectivity index (χ0v) is 20.1. The van der Waals surface area contributed by atoms with Crippen LogP contribution in [0.25, 0.3) is 5.69 Å². The predicted molar refractivity (Wildman–Crippen MR) is 126 cm³/mol. The fourth-order valence-electron chi connectivity index (χ4n) is 3.37. The van der Waals surface area contributed by atoms with Crippen molar-refractivity contribution in [1.29, 1.82) is 5.26 Å². The van der Waals surface area contributed by atoms with Gasteiger partial charge in [-0.25, -0.2) is 9.48 Å². The van der Waals surface area contributed by atoms with Gasteiger partial charge in [-0.1, -0.05) is 11.6 Å². The van der Waals surface area contributed by atoms with Gasteiger partial charge in [-0.3, -0.25) is 4.79 Å². The number of rotatable bonds is 5. The molecule has 1 amide bonds. The van der Waals surface area contributed by atoms with Crippen LogP contribution in [0.15, 0.2) is 36.7 Å². The van der Waals surface area contributed by atoms with E-state index in [9.17, 15) is 14.9 Å². The number of ether oxygens (including phenoxy) is 1. The van der Waals surface area contributed by atoms with Gasteiger partial charge < -0.3 is 10.1 Å². The van der Waals surface area contributed by atoms with Gasteiger partial charge in [0.25, 0.3) is 0 Å². The van der Waals surface area contributed by atoms with Gasteiger partial charge in [0, 0.05) is 28.8 Å². The molecule has 0 radical (unpaired) electrons. The van der Waals surface area contributed by atoms with Gasteiger partial charge in [0.15, 0.2) is 0 Å². The van der Waals surface area contributed by atoms with Crippen LogP contribution in [0.3, 0.4) is 0 Å². The highest BCUT2D eigenvalue weighted by Gasteiger charge is 2.31. The molecule has 9 nitrogen and oxygen atoms in total. The summed E-state index contributed by atoms with van der Waals surface area (Å²) in [6.07, 6.45) is 4.65. The van der Waals surface area contributed by atoms with Gasteiger partial charge in [-0.15, -0.1) is 4.68 Å². The highest BCUT2D eigenvalue weighted by atomic mass is 35.5. The number of nitrogens with one attached hydrogen (secondary N) is 1. The molecule has 1 atom stereocenters. The maximum atomic E-state index is 13.1. The molecule has 1 fully saturated rings.